The van der Waals surface area contributed by atoms with Gasteiger partial charge in [0.2, 0.25) is 0 Å². The third-order valence-electron chi connectivity index (χ3n) is 13.3. The van der Waals surface area contributed by atoms with E-state index >= 15 is 0 Å². The minimum absolute atomic E-state index is 0.0854. The monoisotopic (exact) mass is 1040 g/mol. The molecule has 428 valence electrons. The van der Waals surface area contributed by atoms with E-state index < -0.39 is 6.10 Å². The van der Waals surface area contributed by atoms with Gasteiger partial charge < -0.3 is 14.2 Å². The zero-order chi connectivity index (χ0) is 54.3. The molecule has 0 N–H and O–H groups in total. The average Bonchev–Trinajstić information content (AvgIpc) is 3.41. The van der Waals surface area contributed by atoms with Crippen molar-refractivity contribution in [2.45, 2.75) is 297 Å². The Morgan fingerprint density at radius 2 is 0.520 bits per heavy atom. The van der Waals surface area contributed by atoms with Crippen LogP contribution in [-0.2, 0) is 28.6 Å². The lowest BCUT2D eigenvalue weighted by atomic mass is 10.1. The summed E-state index contributed by atoms with van der Waals surface area (Å²) in [6.07, 6.45) is 85.2. The SMILES string of the molecule is CC/C=C\C/C=C\C/C=C\C/C=C\C/C=C\C/C=C\CCCCCCCCC(=O)OCC(COC(=O)CCCCCCCCCCC)OC(=O)CCCCCCCCCC/C=C\C/C=C\C/C=C\CCCCCCC. The van der Waals surface area contributed by atoms with Gasteiger partial charge in [0.25, 0.3) is 0 Å². The minimum Gasteiger partial charge on any atom is -0.462 e. The van der Waals surface area contributed by atoms with Crippen molar-refractivity contribution < 1.29 is 28.6 Å². The largest absolute Gasteiger partial charge is 0.462 e. The second-order valence-corrected chi connectivity index (χ2v) is 20.6. The standard InChI is InChI=1S/C69H116O6/c1-4-7-10-13-16-19-21-23-25-27-29-31-33-34-36-37-39-41-43-45-47-50-53-56-59-62-68(71)74-65-66(64-73-67(70)61-58-55-52-49-18-15-12-9-6-3)75-69(72)63-60-57-54-51-48-46-44-42-40-38-35-32-30-28-26-24-22-20-17-14-11-8-5-2/h7,10,16,19,22-25,28-31,34-36,38-39,41,66H,4-6,8-9,11-15,17-18,20-21,26-27,32-33,37,40,42-65H2,1-3H3/b10-7-,19-16-,24-22-,25-23-,30-28-,31-29-,36-34-,38-35-,41-39-. The third kappa shape index (κ3) is 60.8. The highest BCUT2D eigenvalue weighted by atomic mass is 16.6. The molecule has 75 heavy (non-hydrogen) atoms. The second kappa shape index (κ2) is 62.6. The molecule has 0 fully saturated rings. The number of allylic oxidation sites excluding steroid dienone is 18. The summed E-state index contributed by atoms with van der Waals surface area (Å²) in [6.45, 7) is 6.49. The highest BCUT2D eigenvalue weighted by Gasteiger charge is 2.19. The molecule has 0 aliphatic rings. The van der Waals surface area contributed by atoms with Crippen molar-refractivity contribution in [1.29, 1.82) is 0 Å². The summed E-state index contributed by atoms with van der Waals surface area (Å²) in [5, 5.41) is 0. The van der Waals surface area contributed by atoms with E-state index in [-0.39, 0.29) is 31.1 Å². The maximum atomic E-state index is 12.9. The van der Waals surface area contributed by atoms with Crippen LogP contribution in [0.5, 0.6) is 0 Å². The minimum atomic E-state index is -0.789. The number of esters is 3. The zero-order valence-corrected chi connectivity index (χ0v) is 49.0. The molecule has 1 atom stereocenters. The van der Waals surface area contributed by atoms with Gasteiger partial charge in [0.15, 0.2) is 6.10 Å². The zero-order valence-electron chi connectivity index (χ0n) is 49.0. The normalized spacial score (nSPS) is 12.8. The van der Waals surface area contributed by atoms with Crippen molar-refractivity contribution in [2.24, 2.45) is 0 Å². The van der Waals surface area contributed by atoms with E-state index in [4.69, 9.17) is 14.2 Å². The average molecular weight is 1040 g/mol. The molecule has 0 aromatic carbocycles. The van der Waals surface area contributed by atoms with Crippen LogP contribution in [0.4, 0.5) is 0 Å². The van der Waals surface area contributed by atoms with E-state index in [1.807, 2.05) is 0 Å². The molecule has 6 heteroatoms. The van der Waals surface area contributed by atoms with Gasteiger partial charge in [-0.05, 0) is 109 Å². The van der Waals surface area contributed by atoms with Crippen LogP contribution in [-0.4, -0.2) is 37.2 Å². The van der Waals surface area contributed by atoms with E-state index in [1.165, 1.54) is 122 Å². The van der Waals surface area contributed by atoms with Crippen molar-refractivity contribution in [3.63, 3.8) is 0 Å². The molecule has 6 nitrogen and oxygen atoms in total. The number of carbonyl (C=O) groups is 3. The van der Waals surface area contributed by atoms with Crippen LogP contribution in [0.1, 0.15) is 290 Å². The Labute approximate surface area is 463 Å². The van der Waals surface area contributed by atoms with Gasteiger partial charge in [0, 0.05) is 19.3 Å². The molecular weight excluding hydrogens is 925 g/mol. The Kier molecular flexibility index (Phi) is 59.3. The van der Waals surface area contributed by atoms with Gasteiger partial charge >= 0.3 is 17.9 Å². The van der Waals surface area contributed by atoms with Crippen molar-refractivity contribution in [1.82, 2.24) is 0 Å². The summed E-state index contributed by atoms with van der Waals surface area (Å²) in [7, 11) is 0. The Morgan fingerprint density at radius 3 is 0.813 bits per heavy atom. The third-order valence-corrected chi connectivity index (χ3v) is 13.3. The van der Waals surface area contributed by atoms with Gasteiger partial charge in [-0.3, -0.25) is 14.4 Å². The number of hydrogen-bond acceptors (Lipinski definition) is 6. The van der Waals surface area contributed by atoms with Crippen LogP contribution in [0, 0.1) is 0 Å². The van der Waals surface area contributed by atoms with Gasteiger partial charge in [-0.2, -0.15) is 0 Å². The number of rotatable bonds is 56. The first kappa shape index (κ1) is 71.1. The van der Waals surface area contributed by atoms with Crippen molar-refractivity contribution in [3.8, 4) is 0 Å². The van der Waals surface area contributed by atoms with Crippen molar-refractivity contribution in [3.05, 3.63) is 109 Å². The van der Waals surface area contributed by atoms with Gasteiger partial charge in [0.1, 0.15) is 13.2 Å². The molecule has 0 aliphatic heterocycles. The van der Waals surface area contributed by atoms with E-state index in [9.17, 15) is 14.4 Å². The topological polar surface area (TPSA) is 78.9 Å². The lowest BCUT2D eigenvalue weighted by Gasteiger charge is -2.18. The molecule has 0 saturated heterocycles. The Morgan fingerprint density at radius 1 is 0.280 bits per heavy atom. The first-order chi connectivity index (χ1) is 37.0. The Bertz CT molecular complexity index is 1520. The van der Waals surface area contributed by atoms with Gasteiger partial charge in [-0.25, -0.2) is 0 Å². The van der Waals surface area contributed by atoms with Crippen LogP contribution < -0.4 is 0 Å². The molecule has 0 spiro atoms. The molecule has 0 aliphatic carbocycles. The molecule has 0 bridgehead atoms. The number of carbonyl (C=O) groups excluding carboxylic acids is 3. The van der Waals surface area contributed by atoms with E-state index in [0.29, 0.717) is 19.3 Å². The van der Waals surface area contributed by atoms with Crippen LogP contribution in [0.25, 0.3) is 0 Å². The predicted molar refractivity (Wildman–Crippen MR) is 325 cm³/mol. The Balaban J connectivity index is 4.30. The lowest BCUT2D eigenvalue weighted by molar-refractivity contribution is -0.167. The number of ether oxygens (including phenoxy) is 3. The molecule has 0 aromatic heterocycles. The highest BCUT2D eigenvalue weighted by molar-refractivity contribution is 5.71. The maximum Gasteiger partial charge on any atom is 0.306 e. The fraction of sp³-hybridized carbons (Fsp3) is 0.696. The molecule has 0 amide bonds. The summed E-state index contributed by atoms with van der Waals surface area (Å²) in [5.41, 5.74) is 0. The van der Waals surface area contributed by atoms with Crippen LogP contribution >= 0.6 is 0 Å². The first-order valence-corrected chi connectivity index (χ1v) is 31.4. The second-order valence-electron chi connectivity index (χ2n) is 20.6. The molecule has 0 aromatic rings. The summed E-state index contributed by atoms with van der Waals surface area (Å²) in [4.78, 5) is 38.2. The summed E-state index contributed by atoms with van der Waals surface area (Å²) in [6, 6.07) is 0. The highest BCUT2D eigenvalue weighted by Crippen LogP contribution is 2.15. The molecular formula is C69H116O6. The first-order valence-electron chi connectivity index (χ1n) is 31.4. The van der Waals surface area contributed by atoms with Crippen molar-refractivity contribution >= 4 is 17.9 Å². The summed E-state index contributed by atoms with van der Waals surface area (Å²) < 4.78 is 16.9. The van der Waals surface area contributed by atoms with Crippen LogP contribution in [0.15, 0.2) is 109 Å². The molecule has 0 radical (unpaired) electrons. The van der Waals surface area contributed by atoms with Crippen LogP contribution in [0.3, 0.4) is 0 Å². The van der Waals surface area contributed by atoms with Gasteiger partial charge in [-0.1, -0.05) is 271 Å². The van der Waals surface area contributed by atoms with Gasteiger partial charge in [-0.15, -0.1) is 0 Å². The lowest BCUT2D eigenvalue weighted by Crippen LogP contribution is -2.30. The fourth-order valence-electron chi connectivity index (χ4n) is 8.57. The molecule has 0 saturated carbocycles. The van der Waals surface area contributed by atoms with E-state index in [0.717, 1.165) is 128 Å². The van der Waals surface area contributed by atoms with E-state index in [2.05, 4.69) is 130 Å². The Hall–Kier alpha value is -3.93. The molecule has 1 unspecified atom stereocenters. The van der Waals surface area contributed by atoms with Gasteiger partial charge in [0.05, 0.1) is 0 Å². The van der Waals surface area contributed by atoms with Crippen molar-refractivity contribution in [2.75, 3.05) is 13.2 Å². The summed E-state index contributed by atoms with van der Waals surface area (Å²) in [5.74, 6) is -0.906. The van der Waals surface area contributed by atoms with E-state index in [1.54, 1.807) is 0 Å². The predicted octanol–water partition coefficient (Wildman–Crippen LogP) is 21.4. The maximum absolute atomic E-state index is 12.9. The van der Waals surface area contributed by atoms with Crippen LogP contribution in [0.2, 0.25) is 0 Å². The quantitative estimate of drug-likeness (QED) is 0.0261. The fourth-order valence-corrected chi connectivity index (χ4v) is 8.57. The molecule has 0 rings (SSSR count). The number of hydrogen-bond donors (Lipinski definition) is 0. The smallest absolute Gasteiger partial charge is 0.306 e. The molecule has 0 heterocycles. The number of unbranched alkanes of at least 4 members (excludes halogenated alkanes) is 27. The summed E-state index contributed by atoms with van der Waals surface area (Å²) >= 11 is 0.